The van der Waals surface area contributed by atoms with E-state index in [1.165, 1.54) is 4.68 Å². The van der Waals surface area contributed by atoms with E-state index in [4.69, 9.17) is 11.6 Å². The van der Waals surface area contributed by atoms with E-state index in [-0.39, 0.29) is 11.6 Å². The van der Waals surface area contributed by atoms with Crippen LogP contribution in [0.5, 0.6) is 0 Å². The number of rotatable bonds is 4. The second-order valence-corrected chi connectivity index (χ2v) is 6.46. The molecule has 1 atom stereocenters. The smallest absolute Gasteiger partial charge is 0.253 e. The van der Waals surface area contributed by atoms with Gasteiger partial charge in [-0.25, -0.2) is 4.98 Å². The summed E-state index contributed by atoms with van der Waals surface area (Å²) in [7, 11) is 0. The summed E-state index contributed by atoms with van der Waals surface area (Å²) in [6, 6.07) is 8.50. The Kier molecular flexibility index (Phi) is 4.28. The lowest BCUT2D eigenvalue weighted by atomic mass is 10.1. The Bertz CT molecular complexity index is 1180. The fourth-order valence-corrected chi connectivity index (χ4v) is 2.95. The summed E-state index contributed by atoms with van der Waals surface area (Å²) >= 11 is 6.05. The van der Waals surface area contributed by atoms with Crippen LogP contribution in [0.2, 0.25) is 5.02 Å². The number of aromatic nitrogens is 7. The molecule has 10 heteroatoms. The molecule has 2 N–H and O–H groups in total. The molecule has 0 radical (unpaired) electrons. The zero-order valence-electron chi connectivity index (χ0n) is 14.5. The third-order valence-corrected chi connectivity index (χ3v) is 4.37. The third-order valence-electron chi connectivity index (χ3n) is 4.13. The van der Waals surface area contributed by atoms with Crippen LogP contribution >= 0.6 is 11.6 Å². The number of hydrogen-bond donors (Lipinski definition) is 2. The Morgan fingerprint density at radius 3 is 2.89 bits per heavy atom. The number of H-pyrrole nitrogens is 1. The molecule has 0 aliphatic rings. The maximum Gasteiger partial charge on any atom is 0.253 e. The van der Waals surface area contributed by atoms with Crippen LogP contribution in [0.25, 0.3) is 16.7 Å². The topological polar surface area (TPSA) is 114 Å². The molecule has 136 valence electrons. The van der Waals surface area contributed by atoms with E-state index < -0.39 is 0 Å². The van der Waals surface area contributed by atoms with E-state index in [2.05, 4.69) is 35.8 Å². The van der Waals surface area contributed by atoms with Crippen LogP contribution in [0.3, 0.4) is 0 Å². The van der Waals surface area contributed by atoms with Crippen LogP contribution in [0.1, 0.15) is 24.4 Å². The molecule has 0 aliphatic heterocycles. The van der Waals surface area contributed by atoms with Gasteiger partial charge >= 0.3 is 0 Å². The maximum absolute atomic E-state index is 12.4. The quantitative estimate of drug-likeness (QED) is 0.557. The summed E-state index contributed by atoms with van der Waals surface area (Å²) in [5, 5.41) is 15.9. The number of benzene rings is 1. The van der Waals surface area contributed by atoms with Crippen molar-refractivity contribution in [3.05, 3.63) is 63.3 Å². The lowest BCUT2D eigenvalue weighted by Crippen LogP contribution is -2.20. The average Bonchev–Trinajstić information content (AvgIpc) is 3.07. The molecule has 1 aromatic carbocycles. The molecule has 3 aromatic heterocycles. The molecular weight excluding hydrogens is 368 g/mol. The minimum Gasteiger partial charge on any atom is -0.347 e. The summed E-state index contributed by atoms with van der Waals surface area (Å²) in [6.45, 7) is 3.64. The number of nitrogens with zero attached hydrogens (tertiary/aromatic N) is 6. The van der Waals surface area contributed by atoms with Crippen LogP contribution in [0, 0.1) is 6.92 Å². The molecule has 3 heterocycles. The van der Waals surface area contributed by atoms with Crippen LogP contribution < -0.4 is 10.9 Å². The van der Waals surface area contributed by atoms with Crippen molar-refractivity contribution >= 4 is 28.5 Å². The maximum atomic E-state index is 12.4. The van der Waals surface area contributed by atoms with Crippen molar-refractivity contribution in [1.82, 2.24) is 35.2 Å². The Hall–Kier alpha value is -3.33. The number of anilines is 1. The minimum absolute atomic E-state index is 0.183. The van der Waals surface area contributed by atoms with Gasteiger partial charge in [-0.3, -0.25) is 4.79 Å². The number of pyridine rings is 1. The summed E-state index contributed by atoms with van der Waals surface area (Å²) in [5.74, 6) is 1.50. The lowest BCUT2D eigenvalue weighted by molar-refractivity contribution is 0.753. The normalized spacial score (nSPS) is 12.3. The molecule has 0 aliphatic carbocycles. The summed E-state index contributed by atoms with van der Waals surface area (Å²) in [4.78, 5) is 23.9. The number of hydrogen-bond acceptors (Lipinski definition) is 7. The zero-order valence-corrected chi connectivity index (χ0v) is 15.3. The van der Waals surface area contributed by atoms with E-state index in [1.54, 1.807) is 37.4 Å². The predicted molar refractivity (Wildman–Crippen MR) is 101 cm³/mol. The van der Waals surface area contributed by atoms with Gasteiger partial charge in [0.25, 0.3) is 5.56 Å². The molecule has 0 amide bonds. The van der Waals surface area contributed by atoms with Crippen molar-refractivity contribution in [3.63, 3.8) is 0 Å². The lowest BCUT2D eigenvalue weighted by Gasteiger charge is -2.14. The molecule has 4 aromatic rings. The van der Waals surface area contributed by atoms with Crippen molar-refractivity contribution in [3.8, 4) is 5.82 Å². The van der Waals surface area contributed by atoms with E-state index >= 15 is 0 Å². The summed E-state index contributed by atoms with van der Waals surface area (Å²) < 4.78 is 1.50. The van der Waals surface area contributed by atoms with Crippen LogP contribution in [0.4, 0.5) is 5.95 Å². The fraction of sp³-hybridized carbons (Fsp3) is 0.176. The first kappa shape index (κ1) is 17.1. The fourth-order valence-electron chi connectivity index (χ4n) is 2.77. The molecule has 0 fully saturated rings. The number of halogens is 1. The van der Waals surface area contributed by atoms with Gasteiger partial charge in [-0.2, -0.15) is 9.67 Å². The first-order valence-electron chi connectivity index (χ1n) is 8.19. The molecule has 0 bridgehead atoms. The molecule has 4 rings (SSSR count). The van der Waals surface area contributed by atoms with Crippen molar-refractivity contribution in [2.45, 2.75) is 19.9 Å². The van der Waals surface area contributed by atoms with Gasteiger partial charge in [-0.15, -0.1) is 5.10 Å². The molecule has 0 spiro atoms. The second kappa shape index (κ2) is 6.76. The number of fused-ring (bicyclic) bond motifs is 1. The third kappa shape index (κ3) is 3.36. The predicted octanol–water partition coefficient (Wildman–Crippen LogP) is 2.43. The van der Waals surface area contributed by atoms with Gasteiger partial charge in [0.05, 0.1) is 6.04 Å². The molecule has 0 saturated carbocycles. The van der Waals surface area contributed by atoms with Gasteiger partial charge < -0.3 is 10.3 Å². The largest absolute Gasteiger partial charge is 0.347 e. The van der Waals surface area contributed by atoms with Gasteiger partial charge in [0.2, 0.25) is 5.95 Å². The summed E-state index contributed by atoms with van der Waals surface area (Å²) in [5.41, 5.74) is 1.10. The summed E-state index contributed by atoms with van der Waals surface area (Å²) in [6.07, 6.45) is 1.60. The van der Waals surface area contributed by atoms with Crippen molar-refractivity contribution in [2.75, 3.05) is 5.32 Å². The number of aromatic amines is 1. The first-order chi connectivity index (χ1) is 13.0. The Morgan fingerprint density at radius 1 is 1.26 bits per heavy atom. The van der Waals surface area contributed by atoms with Gasteiger partial charge in [0.1, 0.15) is 0 Å². The van der Waals surface area contributed by atoms with Crippen LogP contribution in [-0.4, -0.2) is 35.2 Å². The SMILES string of the molecule is Cc1nnnn1-c1ccnc(N[C@@H](C)c2cc3cc(Cl)ccc3[nH]c2=O)n1. The molecular formula is C17H15ClN8O. The Labute approximate surface area is 158 Å². The second-order valence-electron chi connectivity index (χ2n) is 6.03. The number of aryl methyl sites for hydroxylation is 1. The van der Waals surface area contributed by atoms with Crippen LogP contribution in [-0.2, 0) is 0 Å². The number of tetrazole rings is 1. The Balaban J connectivity index is 1.65. The van der Waals surface area contributed by atoms with E-state index in [0.29, 0.717) is 28.2 Å². The average molecular weight is 383 g/mol. The molecule has 0 unspecified atom stereocenters. The monoisotopic (exact) mass is 382 g/mol. The van der Waals surface area contributed by atoms with Crippen LogP contribution in [0.15, 0.2) is 41.3 Å². The number of nitrogens with one attached hydrogen (secondary N) is 2. The van der Waals surface area contributed by atoms with Crippen molar-refractivity contribution in [2.24, 2.45) is 0 Å². The van der Waals surface area contributed by atoms with E-state index in [0.717, 1.165) is 10.9 Å². The van der Waals surface area contributed by atoms with Gasteiger partial charge in [-0.1, -0.05) is 11.6 Å². The van der Waals surface area contributed by atoms with Gasteiger partial charge in [0, 0.05) is 33.8 Å². The minimum atomic E-state index is -0.331. The molecule has 9 nitrogen and oxygen atoms in total. The van der Waals surface area contributed by atoms with Crippen molar-refractivity contribution < 1.29 is 0 Å². The van der Waals surface area contributed by atoms with E-state index in [9.17, 15) is 4.79 Å². The Morgan fingerprint density at radius 2 is 2.11 bits per heavy atom. The molecule has 0 saturated heterocycles. The standard InChI is InChI=1S/C17H15ClN8O/c1-9(13-8-11-7-12(18)3-4-14(11)21-16(13)27)20-17-19-6-5-15(22-17)26-10(2)23-24-25-26/h3-9H,1-2H3,(H,21,27)(H,19,20,22)/t9-/m0/s1. The van der Waals surface area contributed by atoms with Gasteiger partial charge in [-0.05, 0) is 48.5 Å². The highest BCUT2D eigenvalue weighted by atomic mass is 35.5. The highest BCUT2D eigenvalue weighted by molar-refractivity contribution is 6.31. The molecule has 27 heavy (non-hydrogen) atoms. The highest BCUT2D eigenvalue weighted by Gasteiger charge is 2.14. The van der Waals surface area contributed by atoms with Gasteiger partial charge in [0.15, 0.2) is 11.6 Å². The highest BCUT2D eigenvalue weighted by Crippen LogP contribution is 2.21. The van der Waals surface area contributed by atoms with Crippen molar-refractivity contribution in [1.29, 1.82) is 0 Å². The zero-order chi connectivity index (χ0) is 19.0. The first-order valence-corrected chi connectivity index (χ1v) is 8.56. The van der Waals surface area contributed by atoms with E-state index in [1.807, 2.05) is 13.0 Å².